The van der Waals surface area contributed by atoms with Crippen LogP contribution in [0.15, 0.2) is 30.3 Å². The van der Waals surface area contributed by atoms with Gasteiger partial charge in [-0.25, -0.2) is 9.59 Å². The van der Waals surface area contributed by atoms with Crippen molar-refractivity contribution < 1.29 is 89.0 Å². The molecular formula is C20H5F17O3. The zero-order valence-corrected chi connectivity index (χ0v) is 18.0. The fraction of sp³-hybridized carbons (Fsp3) is 0.400. The van der Waals surface area contributed by atoms with Crippen molar-refractivity contribution >= 4 is 22.7 Å². The van der Waals surface area contributed by atoms with E-state index in [0.29, 0.717) is 18.2 Å². The Balaban J connectivity index is 2.25. The molecule has 0 aliphatic carbocycles. The summed E-state index contributed by atoms with van der Waals surface area (Å²) in [6.07, 6.45) is -7.85. The van der Waals surface area contributed by atoms with Gasteiger partial charge in [-0.05, 0) is 17.5 Å². The number of esters is 2. The fourth-order valence-electron chi connectivity index (χ4n) is 3.55. The Kier molecular flexibility index (Phi) is 6.50. The highest BCUT2D eigenvalue weighted by Crippen LogP contribution is 2.65. The molecule has 0 unspecified atom stereocenters. The summed E-state index contributed by atoms with van der Waals surface area (Å²) >= 11 is 0. The number of cyclic esters (lactones) is 2. The van der Waals surface area contributed by atoms with E-state index in [2.05, 4.69) is 4.74 Å². The molecule has 1 aliphatic heterocycles. The zero-order chi connectivity index (χ0) is 31.3. The summed E-state index contributed by atoms with van der Waals surface area (Å²) in [6, 6.07) is 1.40. The first-order chi connectivity index (χ1) is 17.6. The van der Waals surface area contributed by atoms with E-state index in [1.165, 1.54) is 0 Å². The first-order valence-electron chi connectivity index (χ1n) is 9.68. The van der Waals surface area contributed by atoms with Crippen molar-refractivity contribution in [2.75, 3.05) is 0 Å². The number of benzene rings is 2. The third-order valence-electron chi connectivity index (χ3n) is 5.73. The van der Waals surface area contributed by atoms with Crippen molar-refractivity contribution in [3.63, 3.8) is 0 Å². The van der Waals surface area contributed by atoms with Crippen LogP contribution < -0.4 is 0 Å². The Labute approximate surface area is 207 Å². The molecule has 0 saturated carbocycles. The van der Waals surface area contributed by atoms with Crippen molar-refractivity contribution in [2.24, 2.45) is 0 Å². The first-order valence-corrected chi connectivity index (χ1v) is 9.68. The number of hydrogen-bond donors (Lipinski definition) is 0. The van der Waals surface area contributed by atoms with Gasteiger partial charge in [-0.2, -0.15) is 74.6 Å². The predicted molar refractivity (Wildman–Crippen MR) is 93.3 cm³/mol. The highest BCUT2D eigenvalue weighted by atomic mass is 19.4. The molecule has 0 spiro atoms. The minimum atomic E-state index is -8.75. The van der Waals surface area contributed by atoms with Gasteiger partial charge in [0.2, 0.25) is 0 Å². The van der Waals surface area contributed by atoms with Crippen LogP contribution in [0.5, 0.6) is 0 Å². The average molecular weight is 616 g/mol. The lowest BCUT2D eigenvalue weighted by molar-refractivity contribution is -0.462. The molecule has 0 amide bonds. The second-order valence-corrected chi connectivity index (χ2v) is 8.08. The summed E-state index contributed by atoms with van der Waals surface area (Å²) in [7, 11) is 0. The van der Waals surface area contributed by atoms with E-state index in [9.17, 15) is 84.2 Å². The van der Waals surface area contributed by atoms with Gasteiger partial charge in [0.25, 0.3) is 0 Å². The fourth-order valence-corrected chi connectivity index (χ4v) is 3.55. The minimum absolute atomic E-state index is 0.114. The lowest BCUT2D eigenvalue weighted by Crippen LogP contribution is -2.74. The van der Waals surface area contributed by atoms with Crippen LogP contribution in [0.25, 0.3) is 10.8 Å². The van der Waals surface area contributed by atoms with E-state index in [1.807, 2.05) is 0 Å². The molecule has 0 N–H and O–H groups in total. The van der Waals surface area contributed by atoms with Crippen LogP contribution in [-0.2, 0) is 10.7 Å². The van der Waals surface area contributed by atoms with Crippen LogP contribution in [0.3, 0.4) is 0 Å². The maximum Gasteiger partial charge on any atom is 0.460 e. The van der Waals surface area contributed by atoms with Gasteiger partial charge in [0, 0.05) is 10.9 Å². The van der Waals surface area contributed by atoms with Crippen molar-refractivity contribution in [1.82, 2.24) is 0 Å². The van der Waals surface area contributed by atoms with Crippen molar-refractivity contribution in [3.8, 4) is 0 Å². The van der Waals surface area contributed by atoms with Gasteiger partial charge in [-0.3, -0.25) is 0 Å². The standard InChI is InChI=1S/C20H5F17O3/c21-13(22,9-5-4-8-10-6(9)2-1-3-7(10)11(38)40-12(8)39)14(23,24)15(25,26)16(27,28)17(29,30)18(31,32)19(33,34)20(35,36)37/h1-5H. The summed E-state index contributed by atoms with van der Waals surface area (Å²) in [5, 5.41) is -2.47. The predicted octanol–water partition coefficient (Wildman–Crippen LogP) is 7.62. The van der Waals surface area contributed by atoms with Crippen LogP contribution in [0.2, 0.25) is 0 Å². The maximum absolute atomic E-state index is 14.9. The van der Waals surface area contributed by atoms with Gasteiger partial charge >= 0.3 is 59.6 Å². The summed E-state index contributed by atoms with van der Waals surface area (Å²) in [6.45, 7) is 0. The Bertz CT molecular complexity index is 1370. The third-order valence-corrected chi connectivity index (χ3v) is 5.73. The van der Waals surface area contributed by atoms with Gasteiger partial charge in [0.1, 0.15) is 0 Å². The van der Waals surface area contributed by atoms with Gasteiger partial charge in [-0.15, -0.1) is 0 Å². The largest absolute Gasteiger partial charge is 0.460 e. The molecule has 40 heavy (non-hydrogen) atoms. The number of halogens is 17. The first kappa shape index (κ1) is 31.2. The highest BCUT2D eigenvalue weighted by Gasteiger charge is 2.95. The molecule has 222 valence electrons. The topological polar surface area (TPSA) is 43.4 Å². The van der Waals surface area contributed by atoms with E-state index in [1.54, 1.807) is 0 Å². The highest BCUT2D eigenvalue weighted by molar-refractivity contribution is 6.21. The molecule has 1 aliphatic rings. The van der Waals surface area contributed by atoms with E-state index in [0.717, 1.165) is 0 Å². The third kappa shape index (κ3) is 3.58. The average Bonchev–Trinajstić information content (AvgIpc) is 2.80. The smallest absolute Gasteiger partial charge is 0.386 e. The van der Waals surface area contributed by atoms with Crippen LogP contribution in [-0.4, -0.2) is 53.7 Å². The maximum atomic E-state index is 14.9. The molecule has 0 aromatic heterocycles. The number of ether oxygens (including phenoxy) is 1. The zero-order valence-electron chi connectivity index (χ0n) is 18.0. The molecule has 0 bridgehead atoms. The van der Waals surface area contributed by atoms with E-state index < -0.39 is 87.0 Å². The van der Waals surface area contributed by atoms with E-state index in [4.69, 9.17) is 0 Å². The van der Waals surface area contributed by atoms with Crippen molar-refractivity contribution in [1.29, 1.82) is 0 Å². The van der Waals surface area contributed by atoms with Crippen LogP contribution in [0.1, 0.15) is 26.3 Å². The van der Waals surface area contributed by atoms with E-state index >= 15 is 0 Å². The lowest BCUT2D eigenvalue weighted by Gasteiger charge is -2.43. The number of carbonyl (C=O) groups excluding carboxylic acids is 2. The summed E-state index contributed by atoms with van der Waals surface area (Å²) in [5.41, 5.74) is -4.22. The molecule has 0 fully saturated rings. The van der Waals surface area contributed by atoms with Gasteiger partial charge < -0.3 is 4.74 Å². The van der Waals surface area contributed by atoms with Crippen LogP contribution >= 0.6 is 0 Å². The molecule has 0 radical (unpaired) electrons. The van der Waals surface area contributed by atoms with Gasteiger partial charge in [-0.1, -0.05) is 18.2 Å². The second-order valence-electron chi connectivity index (χ2n) is 8.08. The molecule has 3 rings (SSSR count). The molecule has 0 atom stereocenters. The Morgan fingerprint density at radius 2 is 0.875 bits per heavy atom. The summed E-state index contributed by atoms with van der Waals surface area (Å²) < 4.78 is 236. The Hall–Kier alpha value is -3.35. The normalized spacial score (nSPS) is 16.4. The molecule has 20 heteroatoms. The van der Waals surface area contributed by atoms with Crippen LogP contribution in [0.4, 0.5) is 74.6 Å². The lowest BCUT2D eigenvalue weighted by atomic mass is 9.84. The molecular weight excluding hydrogens is 611 g/mol. The molecule has 3 nitrogen and oxygen atoms in total. The number of carbonyl (C=O) groups is 2. The van der Waals surface area contributed by atoms with Crippen molar-refractivity contribution in [3.05, 3.63) is 47.0 Å². The number of alkyl halides is 17. The minimum Gasteiger partial charge on any atom is -0.386 e. The molecule has 1 heterocycles. The molecule has 0 saturated heterocycles. The SMILES string of the molecule is O=C1OC(=O)c2ccc(C(F)(F)C(F)(F)C(F)(F)C(F)(F)C(F)(F)C(F)(F)C(F)(F)C(F)(F)F)c3cccc1c23. The van der Waals surface area contributed by atoms with Crippen LogP contribution in [0, 0.1) is 0 Å². The number of hydrogen-bond acceptors (Lipinski definition) is 3. The second kappa shape index (κ2) is 8.34. The summed E-state index contributed by atoms with van der Waals surface area (Å²) in [4.78, 5) is 23.6. The monoisotopic (exact) mass is 616 g/mol. The number of rotatable bonds is 7. The molecule has 2 aromatic carbocycles. The molecule has 2 aromatic rings. The summed E-state index contributed by atoms with van der Waals surface area (Å²) in [5.74, 6) is -60.9. The quantitative estimate of drug-likeness (QED) is 0.183. The Morgan fingerprint density at radius 3 is 1.32 bits per heavy atom. The van der Waals surface area contributed by atoms with Gasteiger partial charge in [0.05, 0.1) is 11.1 Å². The van der Waals surface area contributed by atoms with Crippen molar-refractivity contribution in [2.45, 2.75) is 47.6 Å². The van der Waals surface area contributed by atoms with E-state index in [-0.39, 0.29) is 12.1 Å². The van der Waals surface area contributed by atoms with Gasteiger partial charge in [0.15, 0.2) is 0 Å². The Morgan fingerprint density at radius 1 is 0.475 bits per heavy atom.